The molecular weight excluding hydrogens is 200 g/mol. The number of carbonyl (C=O) groups is 1. The number of rotatable bonds is 4. The summed E-state index contributed by atoms with van der Waals surface area (Å²) in [5.74, 6) is 0.143. The van der Waals surface area contributed by atoms with Gasteiger partial charge in [-0.2, -0.15) is 0 Å². The van der Waals surface area contributed by atoms with Gasteiger partial charge in [0.05, 0.1) is 0 Å². The molecule has 3 heteroatoms. The van der Waals surface area contributed by atoms with E-state index < -0.39 is 5.54 Å². The van der Waals surface area contributed by atoms with Gasteiger partial charge < -0.3 is 11.1 Å². The standard InChI is InChI=1S/C13H26N2O/c1-5-8-15-13(11(14)16)7-6-12(3,4)9-10(13)2/h10,15H,5-9H2,1-4H3,(H2,14,16). The lowest BCUT2D eigenvalue weighted by molar-refractivity contribution is -0.129. The van der Waals surface area contributed by atoms with Gasteiger partial charge >= 0.3 is 0 Å². The number of amides is 1. The third kappa shape index (κ3) is 2.57. The van der Waals surface area contributed by atoms with Crippen LogP contribution < -0.4 is 11.1 Å². The molecule has 0 aliphatic heterocycles. The van der Waals surface area contributed by atoms with Crippen molar-refractivity contribution in [3.05, 3.63) is 0 Å². The molecule has 2 atom stereocenters. The summed E-state index contributed by atoms with van der Waals surface area (Å²) >= 11 is 0. The summed E-state index contributed by atoms with van der Waals surface area (Å²) in [4.78, 5) is 11.8. The Balaban J connectivity index is 2.82. The average molecular weight is 226 g/mol. The summed E-state index contributed by atoms with van der Waals surface area (Å²) in [5.41, 5.74) is 5.49. The Morgan fingerprint density at radius 2 is 2.06 bits per heavy atom. The maximum Gasteiger partial charge on any atom is 0.238 e. The van der Waals surface area contributed by atoms with Crippen molar-refractivity contribution in [1.29, 1.82) is 0 Å². The van der Waals surface area contributed by atoms with Crippen LogP contribution in [0.2, 0.25) is 0 Å². The molecule has 1 saturated carbocycles. The molecule has 16 heavy (non-hydrogen) atoms. The van der Waals surface area contributed by atoms with E-state index in [1.54, 1.807) is 0 Å². The molecule has 0 aromatic carbocycles. The molecule has 2 unspecified atom stereocenters. The summed E-state index contributed by atoms with van der Waals surface area (Å²) in [6.45, 7) is 9.67. The maximum atomic E-state index is 11.8. The Bertz CT molecular complexity index is 263. The molecule has 0 bridgehead atoms. The molecule has 1 aliphatic carbocycles. The normalized spacial score (nSPS) is 33.6. The van der Waals surface area contributed by atoms with Crippen molar-refractivity contribution >= 4 is 5.91 Å². The highest BCUT2D eigenvalue weighted by molar-refractivity contribution is 5.85. The Morgan fingerprint density at radius 1 is 1.44 bits per heavy atom. The summed E-state index contributed by atoms with van der Waals surface area (Å²) in [6.07, 6.45) is 4.03. The van der Waals surface area contributed by atoms with Gasteiger partial charge in [0.2, 0.25) is 5.91 Å². The number of nitrogens with one attached hydrogen (secondary N) is 1. The average Bonchev–Trinajstić information content (AvgIpc) is 2.15. The second-order valence-corrected chi connectivity index (χ2v) is 6.03. The highest BCUT2D eigenvalue weighted by Gasteiger charge is 2.47. The predicted octanol–water partition coefficient (Wildman–Crippen LogP) is 2.06. The molecule has 1 fully saturated rings. The molecule has 94 valence electrons. The van der Waals surface area contributed by atoms with Crippen molar-refractivity contribution < 1.29 is 4.79 Å². The third-order valence-electron chi connectivity index (χ3n) is 4.03. The summed E-state index contributed by atoms with van der Waals surface area (Å²) in [6, 6.07) is 0. The smallest absolute Gasteiger partial charge is 0.238 e. The van der Waals surface area contributed by atoms with Gasteiger partial charge in [0, 0.05) is 0 Å². The van der Waals surface area contributed by atoms with Gasteiger partial charge in [0.1, 0.15) is 5.54 Å². The summed E-state index contributed by atoms with van der Waals surface area (Å²) < 4.78 is 0. The first kappa shape index (κ1) is 13.5. The van der Waals surface area contributed by atoms with E-state index in [9.17, 15) is 4.79 Å². The van der Waals surface area contributed by atoms with E-state index in [0.717, 1.165) is 32.2 Å². The van der Waals surface area contributed by atoms with Gasteiger partial charge in [-0.1, -0.05) is 27.7 Å². The number of nitrogens with two attached hydrogens (primary N) is 1. The van der Waals surface area contributed by atoms with Gasteiger partial charge in [-0.3, -0.25) is 4.79 Å². The van der Waals surface area contributed by atoms with Gasteiger partial charge in [-0.25, -0.2) is 0 Å². The van der Waals surface area contributed by atoms with E-state index in [2.05, 4.69) is 33.0 Å². The van der Waals surface area contributed by atoms with Crippen LogP contribution in [0.15, 0.2) is 0 Å². The van der Waals surface area contributed by atoms with Crippen molar-refractivity contribution in [2.75, 3.05) is 6.54 Å². The first-order valence-corrected chi connectivity index (χ1v) is 6.39. The number of primary amides is 1. The lowest BCUT2D eigenvalue weighted by Crippen LogP contribution is -2.62. The zero-order valence-electron chi connectivity index (χ0n) is 11.1. The van der Waals surface area contributed by atoms with Crippen LogP contribution in [-0.4, -0.2) is 18.0 Å². The largest absolute Gasteiger partial charge is 0.368 e. The zero-order chi connectivity index (χ0) is 12.4. The van der Waals surface area contributed by atoms with Crippen LogP contribution in [0, 0.1) is 11.3 Å². The quantitative estimate of drug-likeness (QED) is 0.771. The van der Waals surface area contributed by atoms with Crippen molar-refractivity contribution in [3.8, 4) is 0 Å². The van der Waals surface area contributed by atoms with Gasteiger partial charge in [0.15, 0.2) is 0 Å². The highest BCUT2D eigenvalue weighted by Crippen LogP contribution is 2.43. The Hall–Kier alpha value is -0.570. The van der Waals surface area contributed by atoms with Crippen molar-refractivity contribution in [3.63, 3.8) is 0 Å². The Labute approximate surface area is 99.2 Å². The molecule has 3 nitrogen and oxygen atoms in total. The second kappa shape index (κ2) is 4.74. The van der Waals surface area contributed by atoms with E-state index in [0.29, 0.717) is 11.3 Å². The monoisotopic (exact) mass is 226 g/mol. The van der Waals surface area contributed by atoms with Crippen LogP contribution in [0.3, 0.4) is 0 Å². The SMILES string of the molecule is CCCNC1(C(N)=O)CCC(C)(C)CC1C. The minimum absolute atomic E-state index is 0.177. The topological polar surface area (TPSA) is 55.1 Å². The van der Waals surface area contributed by atoms with E-state index in [1.807, 2.05) is 0 Å². The van der Waals surface area contributed by atoms with E-state index in [-0.39, 0.29) is 5.91 Å². The van der Waals surface area contributed by atoms with Gasteiger partial charge in [-0.05, 0) is 43.6 Å². The molecular formula is C13H26N2O. The molecule has 0 heterocycles. The minimum Gasteiger partial charge on any atom is -0.368 e. The molecule has 0 aromatic rings. The molecule has 3 N–H and O–H groups in total. The third-order valence-corrected chi connectivity index (χ3v) is 4.03. The fourth-order valence-corrected chi connectivity index (χ4v) is 2.95. The summed E-state index contributed by atoms with van der Waals surface area (Å²) in [7, 11) is 0. The number of carbonyl (C=O) groups excluding carboxylic acids is 1. The molecule has 1 aliphatic rings. The van der Waals surface area contributed by atoms with E-state index in [4.69, 9.17) is 5.73 Å². The van der Waals surface area contributed by atoms with Crippen molar-refractivity contribution in [2.45, 2.75) is 58.9 Å². The van der Waals surface area contributed by atoms with Crippen LogP contribution in [-0.2, 0) is 4.79 Å². The van der Waals surface area contributed by atoms with Crippen LogP contribution in [0.5, 0.6) is 0 Å². The highest BCUT2D eigenvalue weighted by atomic mass is 16.1. The fourth-order valence-electron chi connectivity index (χ4n) is 2.95. The molecule has 1 amide bonds. The van der Waals surface area contributed by atoms with Gasteiger partial charge in [-0.15, -0.1) is 0 Å². The van der Waals surface area contributed by atoms with E-state index >= 15 is 0 Å². The fraction of sp³-hybridized carbons (Fsp3) is 0.923. The molecule has 0 spiro atoms. The summed E-state index contributed by atoms with van der Waals surface area (Å²) in [5, 5.41) is 3.40. The Kier molecular flexibility index (Phi) is 4.00. The number of hydrogen-bond donors (Lipinski definition) is 2. The van der Waals surface area contributed by atoms with Crippen molar-refractivity contribution in [2.24, 2.45) is 17.1 Å². The zero-order valence-corrected chi connectivity index (χ0v) is 11.1. The second-order valence-electron chi connectivity index (χ2n) is 6.03. The van der Waals surface area contributed by atoms with E-state index in [1.165, 1.54) is 0 Å². The lowest BCUT2D eigenvalue weighted by Gasteiger charge is -2.47. The predicted molar refractivity (Wildman–Crippen MR) is 67.0 cm³/mol. The molecule has 0 aromatic heterocycles. The van der Waals surface area contributed by atoms with Crippen molar-refractivity contribution in [1.82, 2.24) is 5.32 Å². The maximum absolute atomic E-state index is 11.8. The molecule has 0 saturated heterocycles. The molecule has 1 rings (SSSR count). The first-order valence-electron chi connectivity index (χ1n) is 6.39. The molecule has 0 radical (unpaired) electrons. The minimum atomic E-state index is -0.467. The van der Waals surface area contributed by atoms with Crippen LogP contribution >= 0.6 is 0 Å². The number of hydrogen-bond acceptors (Lipinski definition) is 2. The van der Waals surface area contributed by atoms with Crippen LogP contribution in [0.4, 0.5) is 0 Å². The first-order chi connectivity index (χ1) is 7.34. The van der Waals surface area contributed by atoms with Crippen LogP contribution in [0.1, 0.15) is 53.4 Å². The van der Waals surface area contributed by atoms with Crippen LogP contribution in [0.25, 0.3) is 0 Å². The Morgan fingerprint density at radius 3 is 2.50 bits per heavy atom. The van der Waals surface area contributed by atoms with Gasteiger partial charge in [0.25, 0.3) is 0 Å². The lowest BCUT2D eigenvalue weighted by atomic mass is 9.63.